The number of ether oxygens (including phenoxy) is 1. The van der Waals surface area contributed by atoms with Gasteiger partial charge in [0.05, 0.1) is 17.1 Å². The van der Waals surface area contributed by atoms with Gasteiger partial charge in [-0.15, -0.1) is 11.3 Å². The van der Waals surface area contributed by atoms with Crippen molar-refractivity contribution in [1.82, 2.24) is 9.62 Å². The molecule has 1 heterocycles. The Hall–Kier alpha value is -3.54. The number of sulfonamides is 1. The van der Waals surface area contributed by atoms with E-state index in [1.54, 1.807) is 20.8 Å². The highest BCUT2D eigenvalue weighted by Gasteiger charge is 2.24. The van der Waals surface area contributed by atoms with Crippen molar-refractivity contribution in [2.45, 2.75) is 32.2 Å². The van der Waals surface area contributed by atoms with Gasteiger partial charge >= 0.3 is 6.09 Å². The van der Waals surface area contributed by atoms with E-state index in [2.05, 4.69) is 10.6 Å². The largest absolute Gasteiger partial charge is 0.450 e. The molecule has 3 rings (SSSR count). The van der Waals surface area contributed by atoms with Crippen molar-refractivity contribution in [2.75, 3.05) is 19.0 Å². The van der Waals surface area contributed by atoms with Gasteiger partial charge in [-0.05, 0) is 56.2 Å². The second-order valence-electron chi connectivity index (χ2n) is 7.89. The molecule has 0 saturated heterocycles. The number of carbonyl (C=O) groups excluding carboxylic acids is 3. The van der Waals surface area contributed by atoms with Crippen molar-refractivity contribution in [2.24, 2.45) is 0 Å². The third kappa shape index (κ3) is 6.17. The van der Waals surface area contributed by atoms with Crippen LogP contribution in [0.25, 0.3) is 0 Å². The first kappa shape index (κ1) is 27.1. The van der Waals surface area contributed by atoms with Crippen LogP contribution < -0.4 is 10.6 Å². The van der Waals surface area contributed by atoms with Gasteiger partial charge in [0.2, 0.25) is 10.0 Å². The van der Waals surface area contributed by atoms with E-state index < -0.39 is 27.9 Å². The Morgan fingerprint density at radius 3 is 2.22 bits per heavy atom. The molecular weight excluding hydrogens is 502 g/mol. The quantitative estimate of drug-likeness (QED) is 0.448. The predicted octanol–water partition coefficient (Wildman–Crippen LogP) is 4.32. The summed E-state index contributed by atoms with van der Waals surface area (Å²) >= 11 is 1.20. The van der Waals surface area contributed by atoms with Crippen LogP contribution in [0.4, 0.5) is 9.80 Å². The maximum atomic E-state index is 12.9. The second-order valence-corrected chi connectivity index (χ2v) is 11.2. The summed E-state index contributed by atoms with van der Waals surface area (Å²) in [4.78, 5) is 38.0. The minimum absolute atomic E-state index is 0.0507. The lowest BCUT2D eigenvalue weighted by Crippen LogP contribution is -2.32. The highest BCUT2D eigenvalue weighted by Crippen LogP contribution is 2.33. The lowest BCUT2D eigenvalue weighted by molar-refractivity contribution is 0.0925. The zero-order chi connectivity index (χ0) is 26.5. The van der Waals surface area contributed by atoms with Crippen LogP contribution in [0.2, 0.25) is 0 Å². The monoisotopic (exact) mass is 529 g/mol. The minimum Gasteiger partial charge on any atom is -0.450 e. The van der Waals surface area contributed by atoms with Gasteiger partial charge in [0, 0.05) is 24.0 Å². The van der Waals surface area contributed by atoms with E-state index in [9.17, 15) is 22.8 Å². The average Bonchev–Trinajstić information content (AvgIpc) is 3.12. The molecule has 0 aliphatic carbocycles. The molecule has 3 aromatic rings. The molecule has 3 amide bonds. The maximum Gasteiger partial charge on any atom is 0.414 e. The summed E-state index contributed by atoms with van der Waals surface area (Å²) in [6, 6.07) is 14.8. The number of nitrogens with zero attached hydrogens (tertiary/aromatic N) is 1. The number of anilines is 1. The zero-order valence-electron chi connectivity index (χ0n) is 20.3. The first-order valence-corrected chi connectivity index (χ1v) is 13.3. The predicted molar refractivity (Wildman–Crippen MR) is 138 cm³/mol. The Kier molecular flexibility index (Phi) is 8.62. The average molecular weight is 530 g/mol. The van der Waals surface area contributed by atoms with Crippen LogP contribution in [-0.4, -0.2) is 44.3 Å². The van der Waals surface area contributed by atoms with Gasteiger partial charge in [-0.2, -0.15) is 4.31 Å². The van der Waals surface area contributed by atoms with Crippen LogP contribution >= 0.6 is 11.3 Å². The topological polar surface area (TPSA) is 122 Å². The lowest BCUT2D eigenvalue weighted by atomic mass is 10.1. The van der Waals surface area contributed by atoms with Crippen molar-refractivity contribution in [3.63, 3.8) is 0 Å². The van der Waals surface area contributed by atoms with Crippen LogP contribution in [0, 0.1) is 13.8 Å². The molecule has 0 saturated carbocycles. The Balaban J connectivity index is 1.76. The van der Waals surface area contributed by atoms with Crippen molar-refractivity contribution >= 4 is 44.3 Å². The van der Waals surface area contributed by atoms with Crippen molar-refractivity contribution in [1.29, 1.82) is 0 Å². The highest BCUT2D eigenvalue weighted by atomic mass is 32.2. The molecule has 9 nitrogen and oxygen atoms in total. The molecule has 0 unspecified atom stereocenters. The molecule has 36 heavy (non-hydrogen) atoms. The molecule has 0 spiro atoms. The number of hydrogen-bond acceptors (Lipinski definition) is 7. The van der Waals surface area contributed by atoms with E-state index >= 15 is 0 Å². The van der Waals surface area contributed by atoms with Gasteiger partial charge in [0.25, 0.3) is 11.8 Å². The summed E-state index contributed by atoms with van der Waals surface area (Å²) in [5.74, 6) is -1.21. The fourth-order valence-electron chi connectivity index (χ4n) is 3.37. The van der Waals surface area contributed by atoms with Crippen LogP contribution in [0.15, 0.2) is 59.5 Å². The molecule has 0 fully saturated rings. The van der Waals surface area contributed by atoms with E-state index in [0.717, 1.165) is 10.4 Å². The molecule has 2 N–H and O–H groups in total. The molecule has 11 heteroatoms. The van der Waals surface area contributed by atoms with Gasteiger partial charge < -0.3 is 10.1 Å². The van der Waals surface area contributed by atoms with Crippen LogP contribution in [-0.2, 0) is 21.3 Å². The van der Waals surface area contributed by atoms with E-state index in [1.165, 1.54) is 47.0 Å². The number of amides is 3. The number of thiophene rings is 1. The SMILES string of the molecule is CCOC(=O)NC(=O)c1c(NC(=O)c2ccc(S(=O)(=O)N(C)Cc3ccccc3)cc2)sc(C)c1C. The molecule has 0 aliphatic rings. The van der Waals surface area contributed by atoms with E-state index in [1.807, 2.05) is 30.3 Å². The maximum absolute atomic E-state index is 12.9. The van der Waals surface area contributed by atoms with E-state index in [4.69, 9.17) is 4.74 Å². The molecule has 1 aromatic heterocycles. The smallest absolute Gasteiger partial charge is 0.414 e. The number of carbonyl (C=O) groups is 3. The summed E-state index contributed by atoms with van der Waals surface area (Å²) in [5.41, 5.74) is 1.85. The van der Waals surface area contributed by atoms with Crippen molar-refractivity contribution in [3.8, 4) is 0 Å². The summed E-state index contributed by atoms with van der Waals surface area (Å²) in [6.45, 7) is 5.44. The Morgan fingerprint density at radius 2 is 1.61 bits per heavy atom. The number of aryl methyl sites for hydroxylation is 1. The molecule has 0 atom stereocenters. The summed E-state index contributed by atoms with van der Waals surface area (Å²) in [7, 11) is -2.27. The summed E-state index contributed by atoms with van der Waals surface area (Å²) < 4.78 is 31.9. The van der Waals surface area contributed by atoms with Crippen LogP contribution in [0.3, 0.4) is 0 Å². The number of benzene rings is 2. The summed E-state index contributed by atoms with van der Waals surface area (Å²) in [6.07, 6.45) is -0.878. The third-order valence-electron chi connectivity index (χ3n) is 5.40. The number of rotatable bonds is 8. The van der Waals surface area contributed by atoms with E-state index in [0.29, 0.717) is 5.56 Å². The van der Waals surface area contributed by atoms with Crippen molar-refractivity contribution in [3.05, 3.63) is 81.7 Å². The number of nitrogens with one attached hydrogen (secondary N) is 2. The first-order chi connectivity index (χ1) is 17.0. The van der Waals surface area contributed by atoms with Gasteiger partial charge in [0.15, 0.2) is 0 Å². The standard InChI is InChI=1S/C25H27N3O6S2/c1-5-34-25(31)27-23(30)21-16(2)17(3)35-24(21)26-22(29)19-11-13-20(14-12-19)36(32,33)28(4)15-18-9-7-6-8-10-18/h6-14H,5,15H2,1-4H3,(H,26,29)(H,27,30,31). The van der Waals surface area contributed by atoms with Gasteiger partial charge in [-0.1, -0.05) is 30.3 Å². The van der Waals surface area contributed by atoms with Crippen LogP contribution in [0.5, 0.6) is 0 Å². The Morgan fingerprint density at radius 1 is 0.972 bits per heavy atom. The molecule has 190 valence electrons. The summed E-state index contributed by atoms with van der Waals surface area (Å²) in [5, 5.41) is 5.11. The van der Waals surface area contributed by atoms with Gasteiger partial charge in [-0.3, -0.25) is 14.9 Å². The fraction of sp³-hybridized carbons (Fsp3) is 0.240. The van der Waals surface area contributed by atoms with Crippen molar-refractivity contribution < 1.29 is 27.5 Å². The highest BCUT2D eigenvalue weighted by molar-refractivity contribution is 7.89. The molecule has 0 bridgehead atoms. The number of alkyl carbamates (subject to hydrolysis) is 1. The lowest BCUT2D eigenvalue weighted by Gasteiger charge is -2.17. The van der Waals surface area contributed by atoms with E-state index in [-0.39, 0.29) is 34.2 Å². The second kappa shape index (κ2) is 11.5. The minimum atomic E-state index is -3.77. The number of imide groups is 1. The normalized spacial score (nSPS) is 11.2. The Bertz CT molecular complexity index is 1370. The molecule has 0 radical (unpaired) electrons. The zero-order valence-corrected chi connectivity index (χ0v) is 22.0. The Labute approximate surface area is 214 Å². The van der Waals surface area contributed by atoms with Gasteiger partial charge in [0.1, 0.15) is 5.00 Å². The fourth-order valence-corrected chi connectivity index (χ4v) is 5.58. The van der Waals surface area contributed by atoms with Gasteiger partial charge in [-0.25, -0.2) is 13.2 Å². The first-order valence-electron chi connectivity index (χ1n) is 11.0. The molecule has 0 aliphatic heterocycles. The molecular formula is C25H27N3O6S2. The third-order valence-corrected chi connectivity index (χ3v) is 8.34. The number of hydrogen-bond donors (Lipinski definition) is 2. The molecule has 2 aromatic carbocycles. The van der Waals surface area contributed by atoms with Crippen LogP contribution in [0.1, 0.15) is 43.6 Å².